The molecule has 1 amide bonds. The van der Waals surface area contributed by atoms with Crippen LogP contribution in [0.5, 0.6) is 0 Å². The lowest BCUT2D eigenvalue weighted by Crippen LogP contribution is -2.45. The van der Waals surface area contributed by atoms with Crippen LogP contribution in [-0.2, 0) is 11.3 Å². The number of rotatable bonds is 4. The van der Waals surface area contributed by atoms with Crippen molar-refractivity contribution in [2.75, 3.05) is 26.2 Å². The van der Waals surface area contributed by atoms with E-state index in [4.69, 9.17) is 0 Å². The molecule has 4 rings (SSSR count). The van der Waals surface area contributed by atoms with E-state index in [0.717, 1.165) is 38.3 Å². The quantitative estimate of drug-likeness (QED) is 0.770. The van der Waals surface area contributed by atoms with Crippen LogP contribution in [0.1, 0.15) is 38.1 Å². The SMILES string of the molecule is CC(C)=CCN1C[C@H]2CC[C@@H]1CN(C(=O)Cn1c(C)cc(C)nc1=O)C2. The van der Waals surface area contributed by atoms with Gasteiger partial charge in [0.1, 0.15) is 6.54 Å². The number of nitrogens with zero attached hydrogens (tertiary/aromatic N) is 4. The van der Waals surface area contributed by atoms with Gasteiger partial charge in [0, 0.05) is 43.6 Å². The fourth-order valence-corrected chi connectivity index (χ4v) is 4.11. The number of allylic oxidation sites excluding steroid dienone is 1. The highest BCUT2D eigenvalue weighted by atomic mass is 16.2. The van der Waals surface area contributed by atoms with Crippen LogP contribution in [0.25, 0.3) is 0 Å². The first-order valence-electron chi connectivity index (χ1n) is 9.53. The highest BCUT2D eigenvalue weighted by molar-refractivity contribution is 5.76. The van der Waals surface area contributed by atoms with Gasteiger partial charge >= 0.3 is 5.69 Å². The molecule has 1 aromatic heterocycles. The molecule has 4 heterocycles. The summed E-state index contributed by atoms with van der Waals surface area (Å²) in [4.78, 5) is 33.5. The molecule has 6 nitrogen and oxygen atoms in total. The van der Waals surface area contributed by atoms with Gasteiger partial charge in [-0.3, -0.25) is 14.3 Å². The van der Waals surface area contributed by atoms with Gasteiger partial charge in [0.05, 0.1) is 0 Å². The second kappa shape index (κ2) is 7.74. The molecule has 0 saturated carbocycles. The zero-order valence-corrected chi connectivity index (χ0v) is 16.4. The van der Waals surface area contributed by atoms with Crippen LogP contribution in [0, 0.1) is 19.8 Å². The van der Waals surface area contributed by atoms with Crippen LogP contribution in [0.4, 0.5) is 0 Å². The van der Waals surface area contributed by atoms with Crippen LogP contribution >= 0.6 is 0 Å². The first-order chi connectivity index (χ1) is 12.3. The highest BCUT2D eigenvalue weighted by Crippen LogP contribution is 2.28. The van der Waals surface area contributed by atoms with Gasteiger partial charge in [-0.15, -0.1) is 0 Å². The molecule has 1 aromatic rings. The van der Waals surface area contributed by atoms with E-state index >= 15 is 0 Å². The summed E-state index contributed by atoms with van der Waals surface area (Å²) in [6.45, 7) is 11.6. The third kappa shape index (κ3) is 4.23. The summed E-state index contributed by atoms with van der Waals surface area (Å²) in [5.74, 6) is 0.555. The Bertz CT molecular complexity index is 764. The van der Waals surface area contributed by atoms with E-state index in [-0.39, 0.29) is 18.1 Å². The Morgan fingerprint density at radius 2 is 2.00 bits per heavy atom. The van der Waals surface area contributed by atoms with Crippen LogP contribution in [0.15, 0.2) is 22.5 Å². The first-order valence-corrected chi connectivity index (χ1v) is 9.53. The van der Waals surface area contributed by atoms with Gasteiger partial charge in [0.25, 0.3) is 0 Å². The molecule has 0 N–H and O–H groups in total. The number of hydrogen-bond acceptors (Lipinski definition) is 4. The number of aromatic nitrogens is 2. The van der Waals surface area contributed by atoms with Gasteiger partial charge < -0.3 is 4.90 Å². The third-order valence-electron chi connectivity index (χ3n) is 5.55. The van der Waals surface area contributed by atoms with Crippen molar-refractivity contribution in [2.24, 2.45) is 5.92 Å². The lowest BCUT2D eigenvalue weighted by molar-refractivity contribution is -0.132. The second-order valence-electron chi connectivity index (χ2n) is 8.04. The molecule has 6 heteroatoms. The summed E-state index contributed by atoms with van der Waals surface area (Å²) in [6, 6.07) is 2.27. The van der Waals surface area contributed by atoms with Crippen molar-refractivity contribution in [1.29, 1.82) is 0 Å². The predicted molar refractivity (Wildman–Crippen MR) is 102 cm³/mol. The van der Waals surface area contributed by atoms with Crippen molar-refractivity contribution in [3.8, 4) is 0 Å². The zero-order valence-electron chi connectivity index (χ0n) is 16.4. The topological polar surface area (TPSA) is 58.4 Å². The van der Waals surface area contributed by atoms with Crippen molar-refractivity contribution < 1.29 is 4.79 Å². The minimum atomic E-state index is -0.334. The molecule has 0 unspecified atom stereocenters. The Morgan fingerprint density at radius 3 is 2.69 bits per heavy atom. The summed E-state index contributed by atoms with van der Waals surface area (Å²) >= 11 is 0. The number of piperidine rings is 1. The number of carbonyl (C=O) groups is 1. The summed E-state index contributed by atoms with van der Waals surface area (Å²) in [5, 5.41) is 0. The smallest absolute Gasteiger partial charge is 0.339 e. The lowest BCUT2D eigenvalue weighted by atomic mass is 9.95. The van der Waals surface area contributed by atoms with Gasteiger partial charge in [0.2, 0.25) is 5.91 Å². The van der Waals surface area contributed by atoms with E-state index in [1.165, 1.54) is 16.6 Å². The molecule has 0 aromatic carbocycles. The molecular weight excluding hydrogens is 328 g/mol. The van der Waals surface area contributed by atoms with E-state index in [0.29, 0.717) is 17.7 Å². The fraction of sp³-hybridized carbons (Fsp3) is 0.650. The van der Waals surface area contributed by atoms with Gasteiger partial charge in [0.15, 0.2) is 0 Å². The second-order valence-corrected chi connectivity index (χ2v) is 8.04. The molecule has 3 aliphatic heterocycles. The van der Waals surface area contributed by atoms with Gasteiger partial charge in [-0.05, 0) is 52.5 Å². The Balaban J connectivity index is 1.72. The molecule has 2 bridgehead atoms. The standard InChI is InChI=1S/C20H30N4O2/c1-14(2)7-8-22-10-17-5-6-18(22)12-23(11-17)19(25)13-24-16(4)9-15(3)21-20(24)26/h7,9,17-18H,5-6,8,10-13H2,1-4H3/t17-,18-/m1/s1. The largest absolute Gasteiger partial charge is 0.348 e. The Hall–Kier alpha value is -1.95. The number of amides is 1. The van der Waals surface area contributed by atoms with E-state index in [9.17, 15) is 9.59 Å². The van der Waals surface area contributed by atoms with Gasteiger partial charge in [-0.1, -0.05) is 11.6 Å². The summed E-state index contributed by atoms with van der Waals surface area (Å²) < 4.78 is 1.49. The van der Waals surface area contributed by atoms with Crippen molar-refractivity contribution in [3.05, 3.63) is 39.6 Å². The maximum absolute atomic E-state index is 12.9. The minimum absolute atomic E-state index is 0.0295. The van der Waals surface area contributed by atoms with Crippen molar-refractivity contribution in [1.82, 2.24) is 19.4 Å². The maximum atomic E-state index is 12.9. The molecule has 26 heavy (non-hydrogen) atoms. The Kier molecular flexibility index (Phi) is 5.61. The van der Waals surface area contributed by atoms with Gasteiger partial charge in [-0.25, -0.2) is 4.79 Å². The van der Waals surface area contributed by atoms with Crippen LogP contribution in [0.3, 0.4) is 0 Å². The third-order valence-corrected chi connectivity index (χ3v) is 5.55. The molecular formula is C20H30N4O2. The average Bonchev–Trinajstić information content (AvgIpc) is 2.87. The monoisotopic (exact) mass is 358 g/mol. The van der Waals surface area contributed by atoms with E-state index < -0.39 is 0 Å². The van der Waals surface area contributed by atoms with Crippen LogP contribution < -0.4 is 5.69 Å². The highest BCUT2D eigenvalue weighted by Gasteiger charge is 2.36. The molecule has 3 fully saturated rings. The van der Waals surface area contributed by atoms with Gasteiger partial charge in [-0.2, -0.15) is 4.98 Å². The molecule has 3 saturated heterocycles. The van der Waals surface area contributed by atoms with Crippen molar-refractivity contribution >= 4 is 5.91 Å². The van der Waals surface area contributed by atoms with Crippen molar-refractivity contribution in [3.63, 3.8) is 0 Å². The van der Waals surface area contributed by atoms with E-state index in [2.05, 4.69) is 29.8 Å². The molecule has 3 aliphatic rings. The Labute approximate surface area is 155 Å². The van der Waals surface area contributed by atoms with Crippen molar-refractivity contribution in [2.45, 2.75) is 53.1 Å². The first kappa shape index (κ1) is 18.8. The van der Waals surface area contributed by atoms with Crippen LogP contribution in [-0.4, -0.2) is 57.5 Å². The minimum Gasteiger partial charge on any atom is -0.339 e. The summed E-state index contributed by atoms with van der Waals surface area (Å²) in [6.07, 6.45) is 4.61. The molecule has 2 atom stereocenters. The number of hydrogen-bond donors (Lipinski definition) is 0. The summed E-state index contributed by atoms with van der Waals surface area (Å²) in [5.41, 5.74) is 2.48. The van der Waals surface area contributed by atoms with Crippen LogP contribution in [0.2, 0.25) is 0 Å². The summed E-state index contributed by atoms with van der Waals surface area (Å²) in [7, 11) is 0. The van der Waals surface area contributed by atoms with E-state index in [1.54, 1.807) is 6.92 Å². The molecule has 0 radical (unpaired) electrons. The molecule has 142 valence electrons. The van der Waals surface area contributed by atoms with E-state index in [1.807, 2.05) is 17.9 Å². The average molecular weight is 358 g/mol. The Morgan fingerprint density at radius 1 is 1.23 bits per heavy atom. The molecule has 0 aliphatic carbocycles. The normalized spacial score (nSPS) is 23.0. The number of fused-ring (bicyclic) bond motifs is 4. The number of aryl methyl sites for hydroxylation is 2. The predicted octanol–water partition coefficient (Wildman–Crippen LogP) is 1.75. The zero-order chi connectivity index (χ0) is 18.8. The lowest BCUT2D eigenvalue weighted by Gasteiger charge is -2.35. The maximum Gasteiger partial charge on any atom is 0.348 e. The molecule has 0 spiro atoms. The fourth-order valence-electron chi connectivity index (χ4n) is 4.11. The number of carbonyl (C=O) groups excluding carboxylic acids is 1.